The molecule has 1 aromatic carbocycles. The highest BCUT2D eigenvalue weighted by Gasteiger charge is 2.38. The van der Waals surface area contributed by atoms with E-state index in [4.69, 9.17) is 4.74 Å². The number of rotatable bonds is 3. The maximum atomic E-state index is 13.0. The number of anilines is 1. The molecule has 4 rings (SSSR count). The Kier molecular flexibility index (Phi) is 6.19. The summed E-state index contributed by atoms with van der Waals surface area (Å²) in [6, 6.07) is 7.49. The van der Waals surface area contributed by atoms with Gasteiger partial charge in [0.15, 0.2) is 0 Å². The van der Waals surface area contributed by atoms with Crippen LogP contribution in [-0.2, 0) is 14.3 Å². The summed E-state index contributed by atoms with van der Waals surface area (Å²) in [6.45, 7) is 4.44. The molecule has 3 aliphatic rings. The molecule has 0 spiro atoms. The minimum atomic E-state index is -0.810. The first-order valence-electron chi connectivity index (χ1n) is 10.5. The predicted molar refractivity (Wildman–Crippen MR) is 109 cm³/mol. The first-order valence-corrected chi connectivity index (χ1v) is 10.5. The Hall–Kier alpha value is -2.65. The monoisotopic (exact) mass is 416 g/mol. The summed E-state index contributed by atoms with van der Waals surface area (Å²) in [5, 5.41) is 13.1. The number of piperidine rings is 1. The van der Waals surface area contributed by atoms with Crippen molar-refractivity contribution >= 4 is 23.4 Å². The first kappa shape index (κ1) is 20.6. The molecule has 0 unspecified atom stereocenters. The minimum absolute atomic E-state index is 0.000990. The Morgan fingerprint density at radius 3 is 2.47 bits per heavy atom. The molecule has 9 heteroatoms. The van der Waals surface area contributed by atoms with E-state index >= 15 is 0 Å². The molecule has 3 amide bonds. The highest BCUT2D eigenvalue weighted by Crippen LogP contribution is 2.23. The fraction of sp³-hybridized carbons (Fsp3) is 0.571. The van der Waals surface area contributed by atoms with Gasteiger partial charge in [-0.05, 0) is 30.7 Å². The quantitative estimate of drug-likeness (QED) is 0.676. The van der Waals surface area contributed by atoms with Crippen LogP contribution in [0.15, 0.2) is 24.3 Å². The van der Waals surface area contributed by atoms with Crippen LogP contribution in [0.4, 0.5) is 5.69 Å². The van der Waals surface area contributed by atoms with E-state index in [9.17, 15) is 19.5 Å². The van der Waals surface area contributed by atoms with E-state index in [0.29, 0.717) is 44.8 Å². The molecule has 0 aromatic heterocycles. The maximum Gasteiger partial charge on any atom is 0.253 e. The zero-order valence-corrected chi connectivity index (χ0v) is 17.0. The van der Waals surface area contributed by atoms with Crippen LogP contribution < -0.4 is 10.2 Å². The van der Waals surface area contributed by atoms with Crippen LogP contribution in [0.5, 0.6) is 0 Å². The van der Waals surface area contributed by atoms with E-state index in [0.717, 1.165) is 18.8 Å². The molecule has 0 saturated carbocycles. The number of hydrogen-bond acceptors (Lipinski definition) is 6. The molecular weight excluding hydrogens is 388 g/mol. The van der Waals surface area contributed by atoms with Crippen molar-refractivity contribution in [3.63, 3.8) is 0 Å². The zero-order valence-electron chi connectivity index (χ0n) is 17.0. The smallest absolute Gasteiger partial charge is 0.253 e. The summed E-state index contributed by atoms with van der Waals surface area (Å²) in [5.74, 6) is -1.32. The van der Waals surface area contributed by atoms with Crippen LogP contribution in [0.2, 0.25) is 0 Å². The molecule has 2 N–H and O–H groups in total. The second-order valence-electron chi connectivity index (χ2n) is 7.97. The molecule has 2 atom stereocenters. The molecule has 162 valence electrons. The van der Waals surface area contributed by atoms with Crippen LogP contribution in [-0.4, -0.2) is 97.8 Å². The third-order valence-electron chi connectivity index (χ3n) is 6.02. The third-order valence-corrected chi connectivity index (χ3v) is 6.02. The molecule has 30 heavy (non-hydrogen) atoms. The lowest BCUT2D eigenvalue weighted by Gasteiger charge is -2.38. The summed E-state index contributed by atoms with van der Waals surface area (Å²) in [6.07, 6.45) is -0.469. The van der Waals surface area contributed by atoms with E-state index in [-0.39, 0.29) is 30.8 Å². The fourth-order valence-electron chi connectivity index (χ4n) is 4.25. The number of piperazine rings is 1. The summed E-state index contributed by atoms with van der Waals surface area (Å²) < 4.78 is 5.37. The summed E-state index contributed by atoms with van der Waals surface area (Å²) in [4.78, 5) is 42.8. The number of amides is 3. The summed E-state index contributed by atoms with van der Waals surface area (Å²) in [7, 11) is 0. The molecule has 3 heterocycles. The average Bonchev–Trinajstić information content (AvgIpc) is 2.79. The van der Waals surface area contributed by atoms with Gasteiger partial charge in [-0.15, -0.1) is 0 Å². The van der Waals surface area contributed by atoms with E-state index in [1.165, 1.54) is 4.90 Å². The Bertz CT molecular complexity index is 793. The fourth-order valence-corrected chi connectivity index (χ4v) is 4.25. The van der Waals surface area contributed by atoms with E-state index in [1.807, 2.05) is 24.3 Å². The standard InChI is InChI=1S/C21H28N4O5/c26-18-5-7-24(13-17(18)21(29)25-8-6-22-19(27)14-25)20(28)15-1-3-16(4-2-15)23-9-11-30-12-10-23/h1-4,17-18,26H,5-14H2,(H,22,27)/t17-,18+/m0/s1. The van der Waals surface area contributed by atoms with Crippen LogP contribution in [0.1, 0.15) is 16.8 Å². The van der Waals surface area contributed by atoms with Crippen LogP contribution in [0, 0.1) is 5.92 Å². The Labute approximate surface area is 175 Å². The lowest BCUT2D eigenvalue weighted by atomic mass is 9.92. The molecule has 0 aliphatic carbocycles. The highest BCUT2D eigenvalue weighted by molar-refractivity contribution is 5.95. The Morgan fingerprint density at radius 2 is 1.77 bits per heavy atom. The molecule has 3 saturated heterocycles. The Balaban J connectivity index is 1.41. The van der Waals surface area contributed by atoms with Gasteiger partial charge in [0.2, 0.25) is 11.8 Å². The summed E-state index contributed by atoms with van der Waals surface area (Å²) >= 11 is 0. The molecular formula is C21H28N4O5. The van der Waals surface area contributed by atoms with Crippen molar-refractivity contribution < 1.29 is 24.2 Å². The van der Waals surface area contributed by atoms with Gasteiger partial charge in [-0.2, -0.15) is 0 Å². The van der Waals surface area contributed by atoms with Gasteiger partial charge in [-0.25, -0.2) is 0 Å². The molecule has 3 aliphatic heterocycles. The van der Waals surface area contributed by atoms with Crippen LogP contribution in [0.25, 0.3) is 0 Å². The topological polar surface area (TPSA) is 102 Å². The number of nitrogens with one attached hydrogen (secondary N) is 1. The van der Waals surface area contributed by atoms with Gasteiger partial charge in [0.25, 0.3) is 5.91 Å². The maximum absolute atomic E-state index is 13.0. The van der Waals surface area contributed by atoms with Crippen molar-refractivity contribution in [3.8, 4) is 0 Å². The number of morpholine rings is 1. The number of ether oxygens (including phenoxy) is 1. The molecule has 0 radical (unpaired) electrons. The Morgan fingerprint density at radius 1 is 1.03 bits per heavy atom. The number of aliphatic hydroxyl groups is 1. The average molecular weight is 416 g/mol. The van der Waals surface area contributed by atoms with E-state index < -0.39 is 12.0 Å². The lowest BCUT2D eigenvalue weighted by molar-refractivity contribution is -0.146. The SMILES string of the molecule is O=C1CN(C(=O)[C@H]2CN(C(=O)c3ccc(N4CCOCC4)cc3)CC[C@H]2O)CCN1. The number of benzene rings is 1. The molecule has 0 bridgehead atoms. The third kappa shape index (κ3) is 4.41. The van der Waals surface area contributed by atoms with Gasteiger partial charge in [0, 0.05) is 50.5 Å². The van der Waals surface area contributed by atoms with Crippen molar-refractivity contribution in [2.75, 3.05) is 63.9 Å². The number of carbonyl (C=O) groups excluding carboxylic acids is 3. The lowest BCUT2D eigenvalue weighted by Crippen LogP contribution is -2.57. The minimum Gasteiger partial charge on any atom is -0.392 e. The van der Waals surface area contributed by atoms with Crippen molar-refractivity contribution in [1.82, 2.24) is 15.1 Å². The first-order chi connectivity index (χ1) is 14.5. The number of carbonyl (C=O) groups is 3. The van der Waals surface area contributed by atoms with E-state index in [1.54, 1.807) is 4.90 Å². The number of hydrogen-bond donors (Lipinski definition) is 2. The molecule has 1 aromatic rings. The zero-order chi connectivity index (χ0) is 21.1. The van der Waals surface area contributed by atoms with Gasteiger partial charge in [-0.1, -0.05) is 0 Å². The normalized spacial score (nSPS) is 25.1. The van der Waals surface area contributed by atoms with Gasteiger partial charge in [0.1, 0.15) is 0 Å². The van der Waals surface area contributed by atoms with Crippen molar-refractivity contribution in [1.29, 1.82) is 0 Å². The van der Waals surface area contributed by atoms with Crippen LogP contribution in [0.3, 0.4) is 0 Å². The second kappa shape index (κ2) is 9.01. The molecule has 3 fully saturated rings. The van der Waals surface area contributed by atoms with Gasteiger partial charge in [-0.3, -0.25) is 14.4 Å². The van der Waals surface area contributed by atoms with Gasteiger partial charge < -0.3 is 29.9 Å². The van der Waals surface area contributed by atoms with Crippen molar-refractivity contribution in [2.45, 2.75) is 12.5 Å². The number of nitrogens with zero attached hydrogens (tertiary/aromatic N) is 3. The van der Waals surface area contributed by atoms with Crippen molar-refractivity contribution in [2.24, 2.45) is 5.92 Å². The van der Waals surface area contributed by atoms with Crippen molar-refractivity contribution in [3.05, 3.63) is 29.8 Å². The number of aliphatic hydroxyl groups excluding tert-OH is 1. The van der Waals surface area contributed by atoms with E-state index in [2.05, 4.69) is 10.2 Å². The summed E-state index contributed by atoms with van der Waals surface area (Å²) in [5.41, 5.74) is 1.62. The molecule has 9 nitrogen and oxygen atoms in total. The largest absolute Gasteiger partial charge is 0.392 e. The highest BCUT2D eigenvalue weighted by atomic mass is 16.5. The second-order valence-corrected chi connectivity index (χ2v) is 7.97. The predicted octanol–water partition coefficient (Wildman–Crippen LogP) is -0.695. The van der Waals surface area contributed by atoms with Crippen LogP contribution >= 0.6 is 0 Å². The van der Waals surface area contributed by atoms with Gasteiger partial charge in [0.05, 0.1) is 31.8 Å². The number of likely N-dealkylation sites (tertiary alicyclic amines) is 1. The van der Waals surface area contributed by atoms with Gasteiger partial charge >= 0.3 is 0 Å².